The normalized spacial score (nSPS) is 28.8. The highest BCUT2D eigenvalue weighted by Gasteiger charge is 2.52. The molecule has 1 atom stereocenters. The van der Waals surface area contributed by atoms with Crippen molar-refractivity contribution in [2.45, 2.75) is 57.3 Å². The van der Waals surface area contributed by atoms with Crippen molar-refractivity contribution in [2.75, 3.05) is 13.7 Å². The fourth-order valence-corrected chi connectivity index (χ4v) is 7.43. The van der Waals surface area contributed by atoms with Crippen LogP contribution in [0.1, 0.15) is 51.0 Å². The Kier molecular flexibility index (Phi) is 5.43. The maximum atomic E-state index is 6.40. The van der Waals surface area contributed by atoms with E-state index in [1.807, 2.05) is 6.92 Å². The van der Waals surface area contributed by atoms with Gasteiger partial charge < -0.3 is 14.2 Å². The Morgan fingerprint density at radius 1 is 0.818 bits per heavy atom. The highest BCUT2D eigenvalue weighted by molar-refractivity contribution is 5.89. The summed E-state index contributed by atoms with van der Waals surface area (Å²) in [5.41, 5.74) is 4.12. The predicted molar refractivity (Wildman–Crippen MR) is 132 cm³/mol. The van der Waals surface area contributed by atoms with Gasteiger partial charge in [0.05, 0.1) is 6.61 Å². The second kappa shape index (κ2) is 8.45. The first-order valence-electron chi connectivity index (χ1n) is 12.6. The summed E-state index contributed by atoms with van der Waals surface area (Å²) in [6.07, 6.45) is 8.19. The second-order valence-electron chi connectivity index (χ2n) is 10.6. The van der Waals surface area contributed by atoms with Gasteiger partial charge in [0.1, 0.15) is 5.75 Å². The minimum Gasteiger partial charge on any atom is -0.441 e. The van der Waals surface area contributed by atoms with Gasteiger partial charge in [0.25, 0.3) is 0 Å². The molecule has 3 nitrogen and oxygen atoms in total. The second-order valence-corrected chi connectivity index (χ2v) is 10.6. The van der Waals surface area contributed by atoms with E-state index in [9.17, 15) is 0 Å². The van der Waals surface area contributed by atoms with E-state index < -0.39 is 6.48 Å². The number of benzene rings is 3. The predicted octanol–water partition coefficient (Wildman–Crippen LogP) is 7.32. The van der Waals surface area contributed by atoms with Crippen LogP contribution in [0.25, 0.3) is 21.9 Å². The van der Waals surface area contributed by atoms with Gasteiger partial charge in [-0.25, -0.2) is 0 Å². The van der Waals surface area contributed by atoms with Crippen LogP contribution in [0.15, 0.2) is 60.7 Å². The van der Waals surface area contributed by atoms with Gasteiger partial charge in [-0.1, -0.05) is 42.5 Å². The van der Waals surface area contributed by atoms with E-state index in [-0.39, 0.29) is 5.41 Å². The zero-order valence-corrected chi connectivity index (χ0v) is 19.8. The summed E-state index contributed by atoms with van der Waals surface area (Å²) in [6, 6.07) is 22.1. The van der Waals surface area contributed by atoms with Gasteiger partial charge in [-0.15, -0.1) is 0 Å². The number of rotatable bonds is 7. The molecule has 33 heavy (non-hydrogen) atoms. The minimum atomic E-state index is -0.677. The molecule has 4 bridgehead atoms. The first-order chi connectivity index (χ1) is 16.2. The topological polar surface area (TPSA) is 27.7 Å². The van der Waals surface area contributed by atoms with Crippen molar-refractivity contribution in [1.29, 1.82) is 0 Å². The Bertz CT molecular complexity index is 1100. The number of methoxy groups -OCH3 is 1. The molecule has 0 radical (unpaired) electrons. The fraction of sp³-hybridized carbons (Fsp3) is 0.467. The maximum absolute atomic E-state index is 6.40. The number of ether oxygens (including phenoxy) is 3. The first-order valence-corrected chi connectivity index (χ1v) is 12.6. The summed E-state index contributed by atoms with van der Waals surface area (Å²) >= 11 is 0. The van der Waals surface area contributed by atoms with Crippen LogP contribution < -0.4 is 4.74 Å². The Hall–Kier alpha value is -2.36. The molecule has 0 N–H and O–H groups in total. The van der Waals surface area contributed by atoms with Gasteiger partial charge in [-0.2, -0.15) is 0 Å². The van der Waals surface area contributed by atoms with Gasteiger partial charge in [0.15, 0.2) is 0 Å². The van der Waals surface area contributed by atoms with Crippen molar-refractivity contribution in [1.82, 2.24) is 0 Å². The van der Waals surface area contributed by atoms with Crippen molar-refractivity contribution in [3.8, 4) is 16.9 Å². The lowest BCUT2D eigenvalue weighted by molar-refractivity contribution is -0.231. The van der Waals surface area contributed by atoms with Crippen LogP contribution in [0, 0.1) is 17.8 Å². The van der Waals surface area contributed by atoms with Crippen LogP contribution in [0.2, 0.25) is 0 Å². The standard InChI is InChI=1S/C30H34O3/c1-3-32-29(31-2)33-28-16-25-10-9-24(23-7-5-4-6-8-23)14-26(25)15-27(28)30-17-20-11-21(18-30)13-22(12-20)19-30/h4-10,14-16,20-22,29H,3,11-13,17-19H2,1-2H3. The quantitative estimate of drug-likeness (QED) is 0.359. The molecular weight excluding hydrogens is 408 g/mol. The molecule has 1 unspecified atom stereocenters. The molecule has 4 aliphatic rings. The fourth-order valence-electron chi connectivity index (χ4n) is 7.43. The monoisotopic (exact) mass is 442 g/mol. The summed E-state index contributed by atoms with van der Waals surface area (Å²) in [5, 5.41) is 2.49. The summed E-state index contributed by atoms with van der Waals surface area (Å²) in [4.78, 5) is 0. The summed E-state index contributed by atoms with van der Waals surface area (Å²) in [7, 11) is 1.65. The largest absolute Gasteiger partial charge is 0.441 e. The Labute approximate surface area is 197 Å². The molecule has 4 fully saturated rings. The maximum Gasteiger partial charge on any atom is 0.315 e. The number of hydrogen-bond acceptors (Lipinski definition) is 3. The SMILES string of the molecule is CCOC(OC)Oc1cc2ccc(-c3ccccc3)cc2cc1C12CC3CC(CC(C3)C1)C2. The molecule has 0 heterocycles. The third-order valence-electron chi connectivity index (χ3n) is 8.37. The van der Waals surface area contributed by atoms with Crippen molar-refractivity contribution >= 4 is 10.8 Å². The van der Waals surface area contributed by atoms with Crippen LogP contribution in [0.5, 0.6) is 5.75 Å². The summed E-state index contributed by atoms with van der Waals surface area (Å²) in [5.74, 6) is 3.57. The van der Waals surface area contributed by atoms with Gasteiger partial charge in [-0.05, 0) is 109 Å². The molecule has 3 aromatic carbocycles. The van der Waals surface area contributed by atoms with Gasteiger partial charge >= 0.3 is 6.48 Å². The lowest BCUT2D eigenvalue weighted by atomic mass is 9.48. The third-order valence-corrected chi connectivity index (χ3v) is 8.37. The minimum absolute atomic E-state index is 0.228. The number of fused-ring (bicyclic) bond motifs is 1. The molecule has 4 aliphatic carbocycles. The molecule has 3 heteroatoms. The lowest BCUT2D eigenvalue weighted by Crippen LogP contribution is -2.48. The van der Waals surface area contributed by atoms with E-state index in [2.05, 4.69) is 60.7 Å². The van der Waals surface area contributed by atoms with Crippen LogP contribution in [-0.2, 0) is 14.9 Å². The third kappa shape index (κ3) is 3.86. The van der Waals surface area contributed by atoms with Crippen LogP contribution in [0.3, 0.4) is 0 Å². The van der Waals surface area contributed by atoms with Crippen molar-refractivity contribution in [3.63, 3.8) is 0 Å². The zero-order chi connectivity index (χ0) is 22.4. The molecular formula is C30H34O3. The van der Waals surface area contributed by atoms with Gasteiger partial charge in [-0.3, -0.25) is 0 Å². The van der Waals surface area contributed by atoms with Crippen molar-refractivity contribution in [2.24, 2.45) is 17.8 Å². The smallest absolute Gasteiger partial charge is 0.315 e. The van der Waals surface area contributed by atoms with E-state index in [4.69, 9.17) is 14.2 Å². The molecule has 0 amide bonds. The van der Waals surface area contributed by atoms with E-state index in [0.29, 0.717) is 6.61 Å². The van der Waals surface area contributed by atoms with Crippen molar-refractivity contribution < 1.29 is 14.2 Å². The van der Waals surface area contributed by atoms with Crippen LogP contribution in [-0.4, -0.2) is 20.2 Å². The molecule has 172 valence electrons. The lowest BCUT2D eigenvalue weighted by Gasteiger charge is -2.57. The molecule has 7 rings (SSSR count). The Balaban J connectivity index is 1.47. The Morgan fingerprint density at radius 3 is 2.15 bits per heavy atom. The summed E-state index contributed by atoms with van der Waals surface area (Å²) in [6.45, 7) is 1.85. The van der Waals surface area contributed by atoms with Crippen LogP contribution in [0.4, 0.5) is 0 Å². The van der Waals surface area contributed by atoms with Gasteiger partial charge in [0.2, 0.25) is 0 Å². The first kappa shape index (κ1) is 21.2. The van der Waals surface area contributed by atoms with Crippen molar-refractivity contribution in [3.05, 3.63) is 66.2 Å². The van der Waals surface area contributed by atoms with E-state index in [1.54, 1.807) is 7.11 Å². The Morgan fingerprint density at radius 2 is 1.52 bits per heavy atom. The van der Waals surface area contributed by atoms with E-state index in [1.165, 1.54) is 66.0 Å². The molecule has 4 saturated carbocycles. The molecule has 0 saturated heterocycles. The highest BCUT2D eigenvalue weighted by Crippen LogP contribution is 2.62. The molecule has 3 aromatic rings. The molecule has 0 aromatic heterocycles. The zero-order valence-electron chi connectivity index (χ0n) is 19.8. The highest BCUT2D eigenvalue weighted by atomic mass is 16.8. The average molecular weight is 443 g/mol. The number of hydrogen-bond donors (Lipinski definition) is 0. The molecule has 0 spiro atoms. The summed E-state index contributed by atoms with van der Waals surface area (Å²) < 4.78 is 17.6. The van der Waals surface area contributed by atoms with E-state index >= 15 is 0 Å². The van der Waals surface area contributed by atoms with Gasteiger partial charge in [0, 0.05) is 12.7 Å². The van der Waals surface area contributed by atoms with Crippen LogP contribution >= 0.6 is 0 Å². The average Bonchev–Trinajstić information content (AvgIpc) is 2.82. The van der Waals surface area contributed by atoms with E-state index in [0.717, 1.165) is 23.5 Å². The molecule has 0 aliphatic heterocycles.